The van der Waals surface area contributed by atoms with E-state index in [1.807, 2.05) is 42.6 Å². The summed E-state index contributed by atoms with van der Waals surface area (Å²) in [5, 5.41) is 28.8. The minimum atomic E-state index is -0.849. The van der Waals surface area contributed by atoms with Gasteiger partial charge >= 0.3 is 0 Å². The zero-order chi connectivity index (χ0) is 29.4. The second-order valence-electron chi connectivity index (χ2n) is 12.0. The van der Waals surface area contributed by atoms with Crippen molar-refractivity contribution in [2.24, 2.45) is 5.41 Å². The Bertz CT molecular complexity index is 1760. The van der Waals surface area contributed by atoms with Crippen LogP contribution in [-0.4, -0.2) is 38.2 Å². The maximum absolute atomic E-state index is 13.8. The number of rotatable bonds is 8. The van der Waals surface area contributed by atoms with E-state index in [4.69, 9.17) is 11.6 Å². The highest BCUT2D eigenvalue weighted by atomic mass is 35.5. The van der Waals surface area contributed by atoms with Crippen LogP contribution in [0.2, 0.25) is 5.02 Å². The highest BCUT2D eigenvalue weighted by Crippen LogP contribution is 2.37. The topological polar surface area (TPSA) is 104 Å². The van der Waals surface area contributed by atoms with Gasteiger partial charge in [0.25, 0.3) is 0 Å². The van der Waals surface area contributed by atoms with E-state index in [0.29, 0.717) is 39.7 Å². The molecule has 1 atom stereocenters. The monoisotopic (exact) mass is 570 g/mol. The van der Waals surface area contributed by atoms with Gasteiger partial charge in [-0.25, -0.2) is 9.07 Å². The summed E-state index contributed by atoms with van der Waals surface area (Å²) in [6.07, 6.45) is 6.88. The second kappa shape index (κ2) is 10.9. The van der Waals surface area contributed by atoms with Crippen molar-refractivity contribution < 1.29 is 4.39 Å². The second-order valence-corrected chi connectivity index (χ2v) is 12.4. The summed E-state index contributed by atoms with van der Waals surface area (Å²) >= 11 is 6.78. The molecule has 0 bridgehead atoms. The van der Waals surface area contributed by atoms with Gasteiger partial charge in [-0.05, 0) is 48.4 Å². The molecule has 0 amide bonds. The number of nitrogens with one attached hydrogen (secondary N) is 2. The van der Waals surface area contributed by atoms with Crippen molar-refractivity contribution >= 4 is 44.7 Å². The van der Waals surface area contributed by atoms with Gasteiger partial charge in [0.15, 0.2) is 0 Å². The molecular weight excluding hydrogens is 539 g/mol. The fourth-order valence-electron chi connectivity index (χ4n) is 4.61. The molecule has 5 aromatic rings. The van der Waals surface area contributed by atoms with Crippen LogP contribution >= 0.6 is 11.6 Å². The molecule has 0 aliphatic rings. The summed E-state index contributed by atoms with van der Waals surface area (Å²) < 4.78 is 15.4. The van der Waals surface area contributed by atoms with Crippen molar-refractivity contribution in [3.05, 3.63) is 83.0 Å². The van der Waals surface area contributed by atoms with Crippen molar-refractivity contribution in [1.29, 1.82) is 5.26 Å². The quantitative estimate of drug-likeness (QED) is 0.202. The third kappa shape index (κ3) is 5.79. The molecule has 0 saturated heterocycles. The van der Waals surface area contributed by atoms with Crippen LogP contribution < -0.4 is 10.6 Å². The van der Waals surface area contributed by atoms with Crippen LogP contribution in [0.15, 0.2) is 61.2 Å². The molecule has 0 spiro atoms. The number of benzene rings is 2. The van der Waals surface area contributed by atoms with Crippen molar-refractivity contribution in [3.8, 4) is 6.07 Å². The summed E-state index contributed by atoms with van der Waals surface area (Å²) in [6.45, 7) is 9.97. The molecule has 3 heterocycles. The highest BCUT2D eigenvalue weighted by molar-refractivity contribution is 6.35. The maximum Gasteiger partial charge on any atom is 0.114 e. The number of nitrogens with zero attached hydrogens (tertiary/aromatic N) is 6. The van der Waals surface area contributed by atoms with Gasteiger partial charge < -0.3 is 10.6 Å². The maximum atomic E-state index is 13.8. The first-order valence-electron chi connectivity index (χ1n) is 13.3. The number of halogens is 2. The normalized spacial score (nSPS) is 12.8. The van der Waals surface area contributed by atoms with E-state index in [9.17, 15) is 9.65 Å². The SMILES string of the molecule is CC(C)(C)CNc1c(C#N)cnc2c(Cl)cc(N[C@H](c3cn(C(C)(C)CF)nn3)c3cccc4cnccc34)cc12. The Labute approximate surface area is 243 Å². The first-order chi connectivity index (χ1) is 19.5. The number of hydrogen-bond acceptors (Lipinski definition) is 7. The number of aromatic nitrogens is 5. The molecule has 0 aliphatic carbocycles. The summed E-state index contributed by atoms with van der Waals surface area (Å²) in [4.78, 5) is 8.76. The Morgan fingerprint density at radius 1 is 1.10 bits per heavy atom. The number of alkyl halides is 1. The van der Waals surface area contributed by atoms with Gasteiger partial charge in [0.05, 0.1) is 39.6 Å². The molecule has 0 saturated carbocycles. The standard InChI is InChI=1S/C31H32ClFN8/c1-30(2,3)18-37-27-20(13-34)15-36-28-24(27)11-21(12-25(28)32)38-29(26-16-41(40-39-26)31(4,5)17-33)23-8-6-7-19-14-35-10-9-22(19)23/h6-12,14-16,29,38H,17-18H2,1-5H3,(H,36,37)/t29-/m0/s1. The molecular formula is C31H32ClFN8. The lowest BCUT2D eigenvalue weighted by molar-refractivity contribution is 0.232. The van der Waals surface area contributed by atoms with Gasteiger partial charge in [0.1, 0.15) is 18.4 Å². The van der Waals surface area contributed by atoms with Gasteiger partial charge in [-0.3, -0.25) is 9.97 Å². The molecule has 0 unspecified atom stereocenters. The van der Waals surface area contributed by atoms with E-state index in [1.54, 1.807) is 37.1 Å². The van der Waals surface area contributed by atoms with Gasteiger partial charge in [-0.2, -0.15) is 5.26 Å². The number of hydrogen-bond donors (Lipinski definition) is 2. The Kier molecular flexibility index (Phi) is 7.54. The third-order valence-electron chi connectivity index (χ3n) is 6.93. The minimum Gasteiger partial charge on any atom is -0.383 e. The lowest BCUT2D eigenvalue weighted by atomic mass is 9.96. The molecule has 41 heavy (non-hydrogen) atoms. The molecule has 210 valence electrons. The number of nitriles is 1. The van der Waals surface area contributed by atoms with E-state index in [2.05, 4.69) is 57.8 Å². The minimum absolute atomic E-state index is 0.0183. The van der Waals surface area contributed by atoms with Gasteiger partial charge in [-0.15, -0.1) is 5.10 Å². The van der Waals surface area contributed by atoms with Crippen LogP contribution in [0.1, 0.15) is 57.5 Å². The molecule has 0 fully saturated rings. The molecule has 2 N–H and O–H groups in total. The summed E-state index contributed by atoms with van der Waals surface area (Å²) in [5.41, 5.74) is 3.10. The van der Waals surface area contributed by atoms with Crippen LogP contribution in [-0.2, 0) is 5.54 Å². The lowest BCUT2D eigenvalue weighted by Crippen LogP contribution is -2.29. The Hall–Kier alpha value is -4.29. The largest absolute Gasteiger partial charge is 0.383 e. The van der Waals surface area contributed by atoms with Crippen molar-refractivity contribution in [2.45, 2.75) is 46.2 Å². The van der Waals surface area contributed by atoms with E-state index in [1.165, 1.54) is 0 Å². The van der Waals surface area contributed by atoms with Crippen LogP contribution in [0.4, 0.5) is 15.8 Å². The predicted octanol–water partition coefficient (Wildman–Crippen LogP) is 7.26. The van der Waals surface area contributed by atoms with E-state index < -0.39 is 18.3 Å². The van der Waals surface area contributed by atoms with Gasteiger partial charge in [-0.1, -0.05) is 55.8 Å². The summed E-state index contributed by atoms with van der Waals surface area (Å²) in [5.74, 6) is 0. The number of pyridine rings is 2. The Morgan fingerprint density at radius 3 is 2.63 bits per heavy atom. The van der Waals surface area contributed by atoms with Crippen LogP contribution in [0.3, 0.4) is 0 Å². The van der Waals surface area contributed by atoms with E-state index in [-0.39, 0.29) is 5.41 Å². The average Bonchev–Trinajstić information content (AvgIpc) is 3.45. The number of fused-ring (bicyclic) bond motifs is 2. The summed E-state index contributed by atoms with van der Waals surface area (Å²) in [7, 11) is 0. The zero-order valence-corrected chi connectivity index (χ0v) is 24.5. The van der Waals surface area contributed by atoms with Gasteiger partial charge in [0, 0.05) is 41.6 Å². The van der Waals surface area contributed by atoms with Crippen LogP contribution in [0.25, 0.3) is 21.7 Å². The third-order valence-corrected chi connectivity index (χ3v) is 7.22. The number of anilines is 2. The zero-order valence-electron chi connectivity index (χ0n) is 23.7. The first kappa shape index (κ1) is 28.2. The molecule has 0 radical (unpaired) electrons. The lowest BCUT2D eigenvalue weighted by Gasteiger charge is -2.23. The van der Waals surface area contributed by atoms with Crippen molar-refractivity contribution in [1.82, 2.24) is 25.0 Å². The van der Waals surface area contributed by atoms with E-state index in [0.717, 1.165) is 21.7 Å². The summed E-state index contributed by atoms with van der Waals surface area (Å²) in [6, 6.07) is 13.5. The fraction of sp³-hybridized carbons (Fsp3) is 0.323. The molecule has 3 aromatic heterocycles. The van der Waals surface area contributed by atoms with E-state index >= 15 is 0 Å². The smallest absolute Gasteiger partial charge is 0.114 e. The first-order valence-corrected chi connectivity index (χ1v) is 13.7. The molecule has 0 aliphatic heterocycles. The molecule has 5 rings (SSSR count). The van der Waals surface area contributed by atoms with Crippen molar-refractivity contribution in [3.63, 3.8) is 0 Å². The Balaban J connectivity index is 1.66. The fourth-order valence-corrected chi connectivity index (χ4v) is 4.88. The van der Waals surface area contributed by atoms with Crippen molar-refractivity contribution in [2.75, 3.05) is 23.9 Å². The van der Waals surface area contributed by atoms with Crippen LogP contribution in [0, 0.1) is 16.7 Å². The molecule has 8 nitrogen and oxygen atoms in total. The average molecular weight is 571 g/mol. The molecule has 10 heteroatoms. The highest BCUT2D eigenvalue weighted by Gasteiger charge is 2.26. The van der Waals surface area contributed by atoms with Gasteiger partial charge in [0.2, 0.25) is 0 Å². The Morgan fingerprint density at radius 2 is 1.90 bits per heavy atom. The predicted molar refractivity (Wildman–Crippen MR) is 162 cm³/mol. The van der Waals surface area contributed by atoms with Crippen LogP contribution in [0.5, 0.6) is 0 Å². The molecule has 2 aromatic carbocycles.